The van der Waals surface area contributed by atoms with Crippen molar-refractivity contribution in [2.75, 3.05) is 5.73 Å². The van der Waals surface area contributed by atoms with E-state index < -0.39 is 0 Å². The molecule has 0 saturated heterocycles. The number of imidazole rings is 1. The quantitative estimate of drug-likeness (QED) is 0.758. The van der Waals surface area contributed by atoms with Crippen LogP contribution in [0.5, 0.6) is 0 Å². The Balaban J connectivity index is 2.58. The minimum absolute atomic E-state index is 0.534. The van der Waals surface area contributed by atoms with Crippen molar-refractivity contribution in [2.45, 2.75) is 13.3 Å². The van der Waals surface area contributed by atoms with Crippen molar-refractivity contribution >= 4 is 5.82 Å². The molecule has 2 aromatic heterocycles. The van der Waals surface area contributed by atoms with Crippen LogP contribution in [0.4, 0.5) is 5.82 Å². The lowest BCUT2D eigenvalue weighted by atomic mass is 10.2. The van der Waals surface area contributed by atoms with Gasteiger partial charge in [0.2, 0.25) is 0 Å². The van der Waals surface area contributed by atoms with Gasteiger partial charge in [-0.1, -0.05) is 6.92 Å². The van der Waals surface area contributed by atoms with E-state index in [1.54, 1.807) is 12.5 Å². The van der Waals surface area contributed by atoms with Gasteiger partial charge < -0.3 is 5.73 Å². The molecule has 2 aromatic rings. The summed E-state index contributed by atoms with van der Waals surface area (Å²) in [6, 6.07) is 0. The molecule has 2 N–H and O–H groups in total. The molecule has 0 atom stereocenters. The molecule has 0 saturated carbocycles. The second-order valence-corrected chi connectivity index (χ2v) is 2.88. The molecule has 2 heterocycles. The Morgan fingerprint density at radius 1 is 1.43 bits per heavy atom. The highest BCUT2D eigenvalue weighted by Crippen LogP contribution is 2.16. The van der Waals surface area contributed by atoms with Crippen LogP contribution in [0.3, 0.4) is 0 Å². The molecule has 72 valence electrons. The van der Waals surface area contributed by atoms with E-state index in [1.165, 1.54) is 6.33 Å². The van der Waals surface area contributed by atoms with E-state index >= 15 is 0 Å². The highest BCUT2D eigenvalue weighted by atomic mass is 15.1. The van der Waals surface area contributed by atoms with E-state index in [4.69, 9.17) is 5.73 Å². The zero-order chi connectivity index (χ0) is 9.97. The van der Waals surface area contributed by atoms with Gasteiger partial charge in [0.1, 0.15) is 24.3 Å². The SMILES string of the molecule is CCc1c(N)ncnc1-n1ccnc1. The Bertz CT molecular complexity index is 421. The molecule has 14 heavy (non-hydrogen) atoms. The number of nitrogen functional groups attached to an aromatic ring is 1. The first kappa shape index (κ1) is 8.68. The van der Waals surface area contributed by atoms with Crippen molar-refractivity contribution in [1.29, 1.82) is 0 Å². The predicted octanol–water partition coefficient (Wildman–Crippen LogP) is 0.807. The maximum Gasteiger partial charge on any atom is 0.146 e. The molecule has 5 heteroatoms. The van der Waals surface area contributed by atoms with Gasteiger partial charge in [0.05, 0.1) is 0 Å². The van der Waals surface area contributed by atoms with Crippen molar-refractivity contribution in [3.8, 4) is 5.82 Å². The maximum atomic E-state index is 5.75. The van der Waals surface area contributed by atoms with Gasteiger partial charge >= 0.3 is 0 Å². The minimum atomic E-state index is 0.534. The van der Waals surface area contributed by atoms with Crippen LogP contribution in [0.15, 0.2) is 25.0 Å². The summed E-state index contributed by atoms with van der Waals surface area (Å²) < 4.78 is 1.83. The van der Waals surface area contributed by atoms with E-state index in [0.717, 1.165) is 17.8 Å². The van der Waals surface area contributed by atoms with Crippen LogP contribution >= 0.6 is 0 Å². The molecule has 0 spiro atoms. The number of hydrogen-bond acceptors (Lipinski definition) is 4. The molecule has 0 bridgehead atoms. The minimum Gasteiger partial charge on any atom is -0.383 e. The van der Waals surface area contributed by atoms with Gasteiger partial charge in [-0.05, 0) is 6.42 Å². The van der Waals surface area contributed by atoms with Crippen molar-refractivity contribution in [2.24, 2.45) is 0 Å². The monoisotopic (exact) mass is 189 g/mol. The van der Waals surface area contributed by atoms with Gasteiger partial charge in [-0.25, -0.2) is 15.0 Å². The lowest BCUT2D eigenvalue weighted by molar-refractivity contribution is 0.926. The van der Waals surface area contributed by atoms with Crippen molar-refractivity contribution in [3.63, 3.8) is 0 Å². The van der Waals surface area contributed by atoms with Crippen molar-refractivity contribution in [1.82, 2.24) is 19.5 Å². The highest BCUT2D eigenvalue weighted by molar-refractivity contribution is 5.48. The summed E-state index contributed by atoms with van der Waals surface area (Å²) in [7, 11) is 0. The Morgan fingerprint density at radius 3 is 2.93 bits per heavy atom. The molecular formula is C9H11N5. The maximum absolute atomic E-state index is 5.75. The molecular weight excluding hydrogens is 178 g/mol. The average molecular weight is 189 g/mol. The summed E-state index contributed by atoms with van der Waals surface area (Å²) in [5.74, 6) is 1.34. The zero-order valence-corrected chi connectivity index (χ0v) is 7.88. The first-order valence-electron chi connectivity index (χ1n) is 4.40. The van der Waals surface area contributed by atoms with Crippen molar-refractivity contribution < 1.29 is 0 Å². The smallest absolute Gasteiger partial charge is 0.146 e. The molecule has 0 amide bonds. The number of aromatic nitrogens is 4. The molecule has 0 aliphatic heterocycles. The molecule has 0 unspecified atom stereocenters. The first-order chi connectivity index (χ1) is 6.83. The summed E-state index contributed by atoms with van der Waals surface area (Å²) in [5, 5.41) is 0. The van der Waals surface area contributed by atoms with E-state index in [1.807, 2.05) is 17.7 Å². The van der Waals surface area contributed by atoms with E-state index in [-0.39, 0.29) is 0 Å². The van der Waals surface area contributed by atoms with Crippen molar-refractivity contribution in [3.05, 3.63) is 30.6 Å². The number of rotatable bonds is 2. The molecule has 5 nitrogen and oxygen atoms in total. The third-order valence-electron chi connectivity index (χ3n) is 2.06. The van der Waals surface area contributed by atoms with Gasteiger partial charge in [0.25, 0.3) is 0 Å². The Morgan fingerprint density at radius 2 is 2.29 bits per heavy atom. The molecule has 0 aromatic carbocycles. The second-order valence-electron chi connectivity index (χ2n) is 2.88. The summed E-state index contributed by atoms with van der Waals surface area (Å²) in [6.45, 7) is 2.02. The third-order valence-corrected chi connectivity index (χ3v) is 2.06. The Kier molecular flexibility index (Phi) is 2.14. The lowest BCUT2D eigenvalue weighted by Crippen LogP contribution is -2.05. The summed E-state index contributed by atoms with van der Waals surface area (Å²) in [5.41, 5.74) is 6.70. The van der Waals surface area contributed by atoms with Crippen LogP contribution in [-0.2, 0) is 6.42 Å². The Hall–Kier alpha value is -1.91. The van der Waals surface area contributed by atoms with Gasteiger partial charge in [-0.2, -0.15) is 0 Å². The summed E-state index contributed by atoms with van der Waals surface area (Å²) >= 11 is 0. The van der Waals surface area contributed by atoms with Crippen LogP contribution in [-0.4, -0.2) is 19.5 Å². The van der Waals surface area contributed by atoms with Crippen LogP contribution in [0.25, 0.3) is 5.82 Å². The van der Waals surface area contributed by atoms with Gasteiger partial charge in [0.15, 0.2) is 0 Å². The predicted molar refractivity (Wildman–Crippen MR) is 52.9 cm³/mol. The molecule has 0 aliphatic rings. The fourth-order valence-corrected chi connectivity index (χ4v) is 1.36. The van der Waals surface area contributed by atoms with Crippen LogP contribution < -0.4 is 5.73 Å². The van der Waals surface area contributed by atoms with Crippen LogP contribution in [0.2, 0.25) is 0 Å². The van der Waals surface area contributed by atoms with Crippen LogP contribution in [0.1, 0.15) is 12.5 Å². The lowest BCUT2D eigenvalue weighted by Gasteiger charge is -2.08. The largest absolute Gasteiger partial charge is 0.383 e. The number of anilines is 1. The standard InChI is InChI=1S/C9H11N5/c1-2-7-8(10)12-5-13-9(7)14-4-3-11-6-14/h3-6H,2H2,1H3,(H2,10,12,13). The number of nitrogens with two attached hydrogens (primary N) is 1. The molecule has 0 fully saturated rings. The number of hydrogen-bond donors (Lipinski definition) is 1. The van der Waals surface area contributed by atoms with E-state index in [0.29, 0.717) is 5.82 Å². The first-order valence-corrected chi connectivity index (χ1v) is 4.40. The Labute approximate surface area is 81.6 Å². The molecule has 2 rings (SSSR count). The topological polar surface area (TPSA) is 69.6 Å². The third kappa shape index (κ3) is 1.32. The van der Waals surface area contributed by atoms with Gasteiger partial charge in [0, 0.05) is 18.0 Å². The summed E-state index contributed by atoms with van der Waals surface area (Å²) in [6.07, 6.45) is 7.50. The molecule has 0 aliphatic carbocycles. The summed E-state index contributed by atoms with van der Waals surface area (Å²) in [4.78, 5) is 12.1. The van der Waals surface area contributed by atoms with E-state index in [2.05, 4.69) is 15.0 Å². The zero-order valence-electron chi connectivity index (χ0n) is 7.88. The number of nitrogens with zero attached hydrogens (tertiary/aromatic N) is 4. The fourth-order valence-electron chi connectivity index (χ4n) is 1.36. The normalized spacial score (nSPS) is 10.4. The van der Waals surface area contributed by atoms with Gasteiger partial charge in [-0.3, -0.25) is 4.57 Å². The fraction of sp³-hybridized carbons (Fsp3) is 0.222. The highest BCUT2D eigenvalue weighted by Gasteiger charge is 2.07. The van der Waals surface area contributed by atoms with Crippen LogP contribution in [0, 0.1) is 0 Å². The molecule has 0 radical (unpaired) electrons. The van der Waals surface area contributed by atoms with Gasteiger partial charge in [-0.15, -0.1) is 0 Å². The second kappa shape index (κ2) is 3.45. The van der Waals surface area contributed by atoms with E-state index in [9.17, 15) is 0 Å². The average Bonchev–Trinajstić information content (AvgIpc) is 2.70.